The van der Waals surface area contributed by atoms with Gasteiger partial charge in [0.25, 0.3) is 33.7 Å². The molecule has 832 valence electrons. The van der Waals surface area contributed by atoms with Crippen molar-refractivity contribution in [1.29, 1.82) is 0 Å². The molecule has 0 spiro atoms. The zero-order chi connectivity index (χ0) is 113. The van der Waals surface area contributed by atoms with E-state index in [0.29, 0.717) is 67.6 Å². The summed E-state index contributed by atoms with van der Waals surface area (Å²) in [5.41, 5.74) is 17.0. The maximum Gasteiger partial charge on any atom is 0.312 e. The molecule has 150 heavy (non-hydrogen) atoms. The Morgan fingerprint density at radius 2 is 0.707 bits per heavy atom. The Balaban J connectivity index is 0.000000581. The summed E-state index contributed by atoms with van der Waals surface area (Å²) in [4.78, 5) is 250. The third kappa shape index (κ3) is 53.6. The number of primary amides is 3. The Kier molecular flexibility index (Phi) is 57.0. The maximum absolute atomic E-state index is 13.7. The standard InChI is InChI=1S/C37H54N6O12S.C34H49N5O10.C32H50N4O8S/c1-23(2)32(42-34(49)27(22-56(52,53)54)41-29(45)11-7-6-8-19-43-30(46)16-17-31(43)47)28(44)20-25(10-9-18-39-36(38)51)33(48)40-26-14-12-24(13-15-26)21-55-35(50)37(3,4)5;1-22(2)30(38-27(41)21-48-18-17-47-16-15-39-28(42)12-13-29(39)43)26(40)19-24(7-6-14-36-33(35)46)31(44)37-25-10-8-23(9-11-25)20-49-32(45)34(3,4)5;1-7-45(42,43)19-10-8-9-13-27(38)36-28(22(2)3)26(37)20-24(12-11-18-34-31(33)41)29(39)35-25-16-14-23(15-17-25)21-44-30(40)32(4,5)6/h12-17,23,25,27,32H,6-11,18-22H2,1-5H3,(H,40,48)(H,41,45)(H,42,49)(H3,38,39,51)(H,52,53,54);8-13,22,24,30H,6-7,14-21H2,1-5H3,(H,37,44)(H,38,41)(H3,35,36,46);7,14-17,22,24,28H,1,8-13,18-21H2,2-6H3,(H,35,39)(H,36,38)(H3,33,34,41)/t25-,27+,32+;24-,30+;24-,28+/m010/s1. The molecule has 3 aromatic rings. The molecule has 47 heteroatoms. The predicted octanol–water partition coefficient (Wildman–Crippen LogP) is 7.57. The number of Topliss-reactive ketones (excluding diaryl/α,β-unsaturated/α-hetero) is 3. The van der Waals surface area contributed by atoms with Crippen LogP contribution in [0.5, 0.6) is 0 Å². The predicted molar refractivity (Wildman–Crippen MR) is 556 cm³/mol. The first kappa shape index (κ1) is 131. The molecule has 0 unspecified atom stereocenters. The molecule has 0 fully saturated rings. The molecule has 0 saturated heterocycles. The molecule has 0 saturated carbocycles. The van der Waals surface area contributed by atoms with Gasteiger partial charge in [-0.25, -0.2) is 22.8 Å². The van der Waals surface area contributed by atoms with Gasteiger partial charge < -0.3 is 94.1 Å². The molecular formula is C103H153N15O30S2. The first-order valence-corrected chi connectivity index (χ1v) is 53.0. The third-order valence-electron chi connectivity index (χ3n) is 22.9. The van der Waals surface area contributed by atoms with Crippen LogP contribution in [0.25, 0.3) is 0 Å². The molecule has 2 aliphatic rings. The molecule has 0 bridgehead atoms. The third-order valence-corrected chi connectivity index (χ3v) is 25.0. The number of amides is 17. The summed E-state index contributed by atoms with van der Waals surface area (Å²) in [5, 5.41) is 26.9. The second-order valence-corrected chi connectivity index (χ2v) is 43.8. The zero-order valence-corrected chi connectivity index (χ0v) is 90.1. The minimum atomic E-state index is -4.78. The van der Waals surface area contributed by atoms with Gasteiger partial charge in [0.1, 0.15) is 38.2 Å². The lowest BCUT2D eigenvalue weighted by Crippen LogP contribution is -2.55. The summed E-state index contributed by atoms with van der Waals surface area (Å²) >= 11 is 0. The number of hydrogen-bond acceptors (Lipinski definition) is 29. The lowest BCUT2D eigenvalue weighted by molar-refractivity contribution is -0.155. The van der Waals surface area contributed by atoms with Crippen molar-refractivity contribution in [2.75, 3.05) is 86.6 Å². The Labute approximate surface area is 877 Å². The lowest BCUT2D eigenvalue weighted by atomic mass is 9.89. The van der Waals surface area contributed by atoms with Crippen molar-refractivity contribution >= 4 is 155 Å². The topological polar surface area (TPSA) is 681 Å². The highest BCUT2D eigenvalue weighted by Crippen LogP contribution is 2.27. The van der Waals surface area contributed by atoms with Crippen LogP contribution in [0.1, 0.15) is 230 Å². The van der Waals surface area contributed by atoms with E-state index in [9.17, 15) is 117 Å². The van der Waals surface area contributed by atoms with Gasteiger partial charge in [-0.15, -0.1) is 0 Å². The van der Waals surface area contributed by atoms with Crippen molar-refractivity contribution in [2.24, 2.45) is 69.0 Å². The number of ether oxygens (including phenoxy) is 5. The molecule has 17 N–H and O–H groups in total. The van der Waals surface area contributed by atoms with Gasteiger partial charge in [-0.2, -0.15) is 8.42 Å². The van der Waals surface area contributed by atoms with Gasteiger partial charge in [-0.3, -0.25) is 95.9 Å². The summed E-state index contributed by atoms with van der Waals surface area (Å²) in [6.45, 7) is 30.4. The van der Waals surface area contributed by atoms with E-state index in [0.717, 1.165) is 38.5 Å². The first-order chi connectivity index (χ1) is 70.1. The van der Waals surface area contributed by atoms with Crippen LogP contribution in [0.15, 0.2) is 109 Å². The molecule has 2 heterocycles. The van der Waals surface area contributed by atoms with Crippen LogP contribution in [-0.4, -0.2) is 244 Å². The Hall–Kier alpha value is -13.5. The molecule has 0 aliphatic carbocycles. The number of imide groups is 2. The first-order valence-electron chi connectivity index (χ1n) is 49.7. The van der Waals surface area contributed by atoms with Crippen LogP contribution in [-0.2, 0) is 145 Å². The summed E-state index contributed by atoms with van der Waals surface area (Å²) in [5.74, 6) is -12.6. The molecule has 17 amide bonds. The number of unbranched alkanes of at least 4 members (excludes halogenated alkanes) is 4. The molecule has 45 nitrogen and oxygen atoms in total. The molecule has 5 rings (SSSR count). The molecule has 2 aliphatic heterocycles. The van der Waals surface area contributed by atoms with E-state index in [1.165, 1.54) is 12.2 Å². The highest BCUT2D eigenvalue weighted by Gasteiger charge is 2.37. The minimum absolute atomic E-state index is 0.0245. The second kappa shape index (κ2) is 65.4. The summed E-state index contributed by atoms with van der Waals surface area (Å²) in [6, 6.07) is 13.3. The molecule has 0 radical (unpaired) electrons. The number of sulfone groups is 1. The molecule has 0 aromatic heterocycles. The van der Waals surface area contributed by atoms with Crippen molar-refractivity contribution in [1.82, 2.24) is 47.0 Å². The number of hydrogen-bond donors (Lipinski definition) is 14. The van der Waals surface area contributed by atoms with E-state index in [1.54, 1.807) is 177 Å². The Morgan fingerprint density at radius 3 is 1.03 bits per heavy atom. The summed E-state index contributed by atoms with van der Waals surface area (Å²) < 4.78 is 82.9. The highest BCUT2D eigenvalue weighted by molar-refractivity contribution is 7.94. The van der Waals surface area contributed by atoms with E-state index < -0.39 is 173 Å². The van der Waals surface area contributed by atoms with Crippen LogP contribution >= 0.6 is 0 Å². The van der Waals surface area contributed by atoms with Crippen molar-refractivity contribution in [2.45, 2.75) is 257 Å². The summed E-state index contributed by atoms with van der Waals surface area (Å²) in [7, 11) is -8.07. The van der Waals surface area contributed by atoms with Gasteiger partial charge >= 0.3 is 36.0 Å². The fourth-order valence-electron chi connectivity index (χ4n) is 14.3. The van der Waals surface area contributed by atoms with E-state index in [-0.39, 0.29) is 196 Å². The van der Waals surface area contributed by atoms with Crippen molar-refractivity contribution in [3.8, 4) is 0 Å². The van der Waals surface area contributed by atoms with Gasteiger partial charge in [0, 0.05) is 123 Å². The average molecular weight is 2150 g/mol. The van der Waals surface area contributed by atoms with Crippen LogP contribution in [0.2, 0.25) is 0 Å². The monoisotopic (exact) mass is 2140 g/mol. The van der Waals surface area contributed by atoms with Gasteiger partial charge in [0.2, 0.25) is 41.4 Å². The lowest BCUT2D eigenvalue weighted by Gasteiger charge is -2.26. The van der Waals surface area contributed by atoms with E-state index in [4.69, 9.17) is 40.9 Å². The number of urea groups is 3. The van der Waals surface area contributed by atoms with Gasteiger partial charge in [0.05, 0.1) is 66.5 Å². The smallest absolute Gasteiger partial charge is 0.312 e. The van der Waals surface area contributed by atoms with Crippen molar-refractivity contribution in [3.63, 3.8) is 0 Å². The fraction of sp³-hybridized carbons (Fsp3) is 0.573. The normalized spacial score (nSPS) is 13.9. The Bertz CT molecular complexity index is 5360. The van der Waals surface area contributed by atoms with Gasteiger partial charge in [-0.1, -0.05) is 97.4 Å². The molecule has 7 atom stereocenters. The second-order valence-electron chi connectivity index (χ2n) is 40.3. The number of benzene rings is 3. The van der Waals surface area contributed by atoms with Gasteiger partial charge in [0.15, 0.2) is 27.2 Å². The number of carbonyl (C=O) groups is 20. The number of nitrogens with one attached hydrogen (secondary N) is 10. The number of carbonyl (C=O) groups excluding carboxylic acids is 20. The van der Waals surface area contributed by atoms with Crippen LogP contribution in [0.4, 0.5) is 31.4 Å². The molecular weight excluding hydrogens is 1990 g/mol. The van der Waals surface area contributed by atoms with Crippen LogP contribution in [0, 0.1) is 51.8 Å². The SMILES string of the molecule is C=CS(=O)(=O)CCCCCC(=O)N[C@@H](C(=O)C[C@H](CCCNC(N)=O)C(=O)Nc1ccc(COC(=O)C(C)(C)C)cc1)C(C)C.CC(C)[C@@H](NC(=O)[C@@H](CS(=O)(=O)O)NC(=O)CCCCCN1C(=O)C=CC1=O)C(=O)C[C@H](CCCNC(N)=O)C(=O)Nc1ccc(COC(=O)C(C)(C)C)cc1.CC(C)[C@H](NC(=O)COCCOCCN1C(=O)C=CC1=O)C(=O)C[C@@H](CCCNC(N)=O)C(=O)Nc1ccc(COC(=O)C(C)(C)C)cc1. The van der Waals surface area contributed by atoms with Gasteiger partial charge in [-0.05, 0) is 197 Å². The van der Waals surface area contributed by atoms with E-state index >= 15 is 0 Å². The van der Waals surface area contributed by atoms with Crippen molar-refractivity contribution < 1.29 is 141 Å². The zero-order valence-electron chi connectivity index (χ0n) is 88.4. The van der Waals surface area contributed by atoms with Crippen LogP contribution in [0.3, 0.4) is 0 Å². The highest BCUT2D eigenvalue weighted by atomic mass is 32.2. The van der Waals surface area contributed by atoms with E-state index in [2.05, 4.69) is 59.7 Å². The number of nitrogens with zero attached hydrogens (tertiary/aromatic N) is 2. The van der Waals surface area contributed by atoms with Crippen molar-refractivity contribution in [3.05, 3.63) is 126 Å². The summed E-state index contributed by atoms with van der Waals surface area (Å²) in [6.07, 6.45) is 8.25. The minimum Gasteiger partial charge on any atom is -0.460 e. The number of ketones is 3. The fourth-order valence-corrected chi connectivity index (χ4v) is 15.7. The molecule has 3 aromatic carbocycles. The number of nitrogens with two attached hydrogens (primary N) is 3. The number of rotatable bonds is 64. The number of anilines is 3. The van der Waals surface area contributed by atoms with E-state index in [1.807, 2.05) is 0 Å². The quantitative estimate of drug-likeness (QED) is 0.00851. The number of esters is 3. The van der Waals surface area contributed by atoms with Crippen LogP contribution < -0.4 is 70.4 Å². The Morgan fingerprint density at radius 1 is 0.393 bits per heavy atom. The maximum atomic E-state index is 13.7. The largest absolute Gasteiger partial charge is 0.460 e. The average Bonchev–Trinajstić information content (AvgIpc) is 1.31.